The number of carboxylic acids is 2. The second-order valence-electron chi connectivity index (χ2n) is 2.73. The van der Waals surface area contributed by atoms with Crippen molar-refractivity contribution in [3.63, 3.8) is 0 Å². The summed E-state index contributed by atoms with van der Waals surface area (Å²) in [5, 5.41) is 19.5. The van der Waals surface area contributed by atoms with Gasteiger partial charge in [0.25, 0.3) is 0 Å². The topological polar surface area (TPSA) is 89.5 Å². The van der Waals surface area contributed by atoms with Crippen LogP contribution in [0.5, 0.6) is 0 Å². The number of carbonyl (C=O) groups is 2. The third kappa shape index (κ3) is 24.6. The molecule has 0 aromatic heterocycles. The lowest BCUT2D eigenvalue weighted by Gasteiger charge is -2.01. The van der Waals surface area contributed by atoms with E-state index in [2.05, 4.69) is 0 Å². The fourth-order valence-corrected chi connectivity index (χ4v) is 0.743. The number of hydrogen-bond donors (Lipinski definition) is 0. The molecule has 0 bridgehead atoms. The van der Waals surface area contributed by atoms with Crippen molar-refractivity contribution in [1.82, 2.24) is 0 Å². The van der Waals surface area contributed by atoms with E-state index in [0.29, 0.717) is 12.8 Å². The van der Waals surface area contributed by atoms with Crippen molar-refractivity contribution in [3.8, 4) is 0 Å². The molecule has 5 nitrogen and oxygen atoms in total. The summed E-state index contributed by atoms with van der Waals surface area (Å²) in [7, 11) is 0. The van der Waals surface area contributed by atoms with Gasteiger partial charge in [-0.05, 0) is 39.5 Å². The first-order chi connectivity index (χ1) is 7.04. The smallest absolute Gasteiger partial charge is 0.0437 e. The maximum absolute atomic E-state index is 9.77. The summed E-state index contributed by atoms with van der Waals surface area (Å²) >= 11 is 0. The second-order valence-corrected chi connectivity index (χ2v) is 2.73. The number of rotatable bonds is 7. The molecule has 0 N–H and O–H groups in total. The molecule has 0 saturated heterocycles. The van der Waals surface area contributed by atoms with Crippen LogP contribution in [0.1, 0.15) is 39.5 Å². The molecule has 0 unspecified atom stereocenters. The van der Waals surface area contributed by atoms with Crippen LogP contribution in [0.3, 0.4) is 0 Å². The van der Waals surface area contributed by atoms with E-state index >= 15 is 0 Å². The van der Waals surface area contributed by atoms with E-state index in [-0.39, 0.29) is 12.8 Å². The van der Waals surface area contributed by atoms with E-state index in [4.69, 9.17) is 4.74 Å². The third-order valence-corrected chi connectivity index (χ3v) is 1.42. The van der Waals surface area contributed by atoms with Gasteiger partial charge < -0.3 is 24.5 Å². The molecule has 0 aliphatic heterocycles. The van der Waals surface area contributed by atoms with Crippen LogP contribution >= 0.6 is 0 Å². The molecular weight excluding hydrogens is 200 g/mol. The molecule has 0 rings (SSSR count). The highest BCUT2D eigenvalue weighted by Gasteiger charge is 1.89. The molecule has 0 saturated carbocycles. The third-order valence-electron chi connectivity index (χ3n) is 1.42. The summed E-state index contributed by atoms with van der Waals surface area (Å²) in [5.74, 6) is -2.28. The molecule has 0 aliphatic carbocycles. The van der Waals surface area contributed by atoms with Gasteiger partial charge in [-0.2, -0.15) is 0 Å². The second kappa shape index (κ2) is 12.9. The van der Waals surface area contributed by atoms with E-state index < -0.39 is 11.9 Å². The molecule has 15 heavy (non-hydrogen) atoms. The first kappa shape index (κ1) is 16.3. The highest BCUT2D eigenvalue weighted by Crippen LogP contribution is 1.96. The van der Waals surface area contributed by atoms with Gasteiger partial charge in [0, 0.05) is 25.2 Å². The largest absolute Gasteiger partial charge is 0.550 e. The highest BCUT2D eigenvalue weighted by atomic mass is 16.5. The maximum Gasteiger partial charge on any atom is 0.0437 e. The molecule has 5 heteroatoms. The summed E-state index contributed by atoms with van der Waals surface area (Å²) < 4.78 is 4.83. The molecular formula is C10H18O5-2. The minimum Gasteiger partial charge on any atom is -0.550 e. The SMILES string of the molecule is CCOCC.O=C([O-])CCCCC(=O)[O-]. The first-order valence-electron chi connectivity index (χ1n) is 5.02. The molecule has 0 spiro atoms. The molecule has 0 aromatic rings. The maximum atomic E-state index is 9.77. The van der Waals surface area contributed by atoms with Gasteiger partial charge in [0.1, 0.15) is 0 Å². The highest BCUT2D eigenvalue weighted by molar-refractivity contribution is 5.65. The molecule has 0 radical (unpaired) electrons. The monoisotopic (exact) mass is 218 g/mol. The molecule has 0 aliphatic rings. The van der Waals surface area contributed by atoms with Gasteiger partial charge in [0.05, 0.1) is 0 Å². The van der Waals surface area contributed by atoms with Gasteiger partial charge in [0.15, 0.2) is 0 Å². The number of unbranched alkanes of at least 4 members (excludes halogenated alkanes) is 1. The first-order valence-corrected chi connectivity index (χ1v) is 5.02. The van der Waals surface area contributed by atoms with Crippen LogP contribution in [0.15, 0.2) is 0 Å². The van der Waals surface area contributed by atoms with Crippen LogP contribution in [0.2, 0.25) is 0 Å². The van der Waals surface area contributed by atoms with E-state index in [1.165, 1.54) is 0 Å². The Morgan fingerprint density at radius 2 is 1.27 bits per heavy atom. The Morgan fingerprint density at radius 1 is 0.933 bits per heavy atom. The molecule has 0 atom stereocenters. The van der Waals surface area contributed by atoms with Gasteiger partial charge in [-0.1, -0.05) is 0 Å². The van der Waals surface area contributed by atoms with Gasteiger partial charge in [-0.15, -0.1) is 0 Å². The Kier molecular flexibility index (Phi) is 14.0. The number of aliphatic carboxylic acids is 2. The number of ether oxygens (including phenoxy) is 1. The molecule has 0 amide bonds. The number of carboxylic acid groups (broad SMARTS) is 2. The van der Waals surface area contributed by atoms with Crippen molar-refractivity contribution < 1.29 is 24.5 Å². The Labute approximate surface area is 90.1 Å². The predicted molar refractivity (Wildman–Crippen MR) is 50.6 cm³/mol. The van der Waals surface area contributed by atoms with Crippen molar-refractivity contribution in [3.05, 3.63) is 0 Å². The average molecular weight is 218 g/mol. The van der Waals surface area contributed by atoms with E-state index in [1.54, 1.807) is 0 Å². The van der Waals surface area contributed by atoms with Gasteiger partial charge in [0.2, 0.25) is 0 Å². The molecule has 0 aromatic carbocycles. The van der Waals surface area contributed by atoms with Crippen LogP contribution in [0.4, 0.5) is 0 Å². The average Bonchev–Trinajstić information content (AvgIpc) is 2.14. The summed E-state index contributed by atoms with van der Waals surface area (Å²) in [6.07, 6.45) is 0.535. The van der Waals surface area contributed by atoms with Crippen molar-refractivity contribution in [2.24, 2.45) is 0 Å². The lowest BCUT2D eigenvalue weighted by molar-refractivity contribution is -0.308. The van der Waals surface area contributed by atoms with Crippen LogP contribution in [-0.2, 0) is 14.3 Å². The number of hydrogen-bond acceptors (Lipinski definition) is 5. The fraction of sp³-hybridized carbons (Fsp3) is 0.800. The quantitative estimate of drug-likeness (QED) is 0.516. The lowest BCUT2D eigenvalue weighted by atomic mass is 10.2. The summed E-state index contributed by atoms with van der Waals surface area (Å²) in [6.45, 7) is 5.67. The van der Waals surface area contributed by atoms with Crippen LogP contribution in [0, 0.1) is 0 Å². The van der Waals surface area contributed by atoms with Crippen molar-refractivity contribution in [2.45, 2.75) is 39.5 Å². The Morgan fingerprint density at radius 3 is 1.40 bits per heavy atom. The van der Waals surface area contributed by atoms with Gasteiger partial charge in [-0.3, -0.25) is 0 Å². The predicted octanol–water partition coefficient (Wildman–Crippen LogP) is -0.911. The summed E-state index contributed by atoms with van der Waals surface area (Å²) in [6, 6.07) is 0. The minimum atomic E-state index is -1.14. The van der Waals surface area contributed by atoms with Gasteiger partial charge >= 0.3 is 0 Å². The van der Waals surface area contributed by atoms with E-state index in [9.17, 15) is 19.8 Å². The zero-order valence-electron chi connectivity index (χ0n) is 9.28. The van der Waals surface area contributed by atoms with Crippen molar-refractivity contribution in [1.29, 1.82) is 0 Å². The van der Waals surface area contributed by atoms with Crippen molar-refractivity contribution >= 4 is 11.9 Å². The fourth-order valence-electron chi connectivity index (χ4n) is 0.743. The van der Waals surface area contributed by atoms with Crippen LogP contribution in [-0.4, -0.2) is 25.2 Å². The van der Waals surface area contributed by atoms with Crippen LogP contribution in [0.25, 0.3) is 0 Å². The molecule has 0 fully saturated rings. The Bertz CT molecular complexity index is 149. The van der Waals surface area contributed by atoms with E-state index in [1.807, 2.05) is 13.8 Å². The number of carbonyl (C=O) groups excluding carboxylic acids is 2. The standard InChI is InChI=1S/C6H10O4.C4H10O/c7-5(8)3-1-2-4-6(9)10;1-3-5-4-2/h1-4H2,(H,7,8)(H,9,10);3-4H2,1-2H3/p-2. The van der Waals surface area contributed by atoms with E-state index in [0.717, 1.165) is 13.2 Å². The molecule has 90 valence electrons. The Hall–Kier alpha value is -1.10. The summed E-state index contributed by atoms with van der Waals surface area (Å²) in [4.78, 5) is 19.5. The van der Waals surface area contributed by atoms with Gasteiger partial charge in [-0.25, -0.2) is 0 Å². The normalized spacial score (nSPS) is 8.93. The Balaban J connectivity index is 0. The zero-order valence-corrected chi connectivity index (χ0v) is 9.28. The molecule has 0 heterocycles. The lowest BCUT2D eigenvalue weighted by Crippen LogP contribution is -2.23. The van der Waals surface area contributed by atoms with Crippen LogP contribution < -0.4 is 10.2 Å². The summed E-state index contributed by atoms with van der Waals surface area (Å²) in [5.41, 5.74) is 0. The zero-order chi connectivity index (χ0) is 12.1. The minimum absolute atomic E-state index is 0.0761. The van der Waals surface area contributed by atoms with Crippen molar-refractivity contribution in [2.75, 3.05) is 13.2 Å².